The van der Waals surface area contributed by atoms with Crippen molar-refractivity contribution >= 4 is 0 Å². The number of fused-ring (bicyclic) bond motifs is 1. The summed E-state index contributed by atoms with van der Waals surface area (Å²) in [4.78, 5) is 0. The molecule has 3 atom stereocenters. The molecule has 112 valence electrons. The van der Waals surface area contributed by atoms with Crippen molar-refractivity contribution in [2.45, 2.75) is 90.8 Å². The molecule has 1 heterocycles. The molecule has 1 saturated carbocycles. The van der Waals surface area contributed by atoms with Crippen LogP contribution < -0.4 is 5.32 Å². The molecule has 2 aliphatic rings. The Labute approximate surface area is 119 Å². The summed E-state index contributed by atoms with van der Waals surface area (Å²) in [5, 5.41) is 3.97. The van der Waals surface area contributed by atoms with Gasteiger partial charge in [0.25, 0.3) is 0 Å². The molecular formula is C17H33NO. The minimum atomic E-state index is 0.236. The van der Waals surface area contributed by atoms with Crippen molar-refractivity contribution in [3.63, 3.8) is 0 Å². The number of hydrogen-bond acceptors (Lipinski definition) is 2. The zero-order valence-corrected chi connectivity index (χ0v) is 13.6. The van der Waals surface area contributed by atoms with Gasteiger partial charge in [-0.25, -0.2) is 0 Å². The highest BCUT2D eigenvalue weighted by molar-refractivity contribution is 5.00. The van der Waals surface area contributed by atoms with Crippen molar-refractivity contribution < 1.29 is 4.74 Å². The molecule has 2 fully saturated rings. The molecule has 2 heteroatoms. The smallest absolute Gasteiger partial charge is 0.0729 e. The van der Waals surface area contributed by atoms with E-state index in [1.165, 1.54) is 38.5 Å². The van der Waals surface area contributed by atoms with Gasteiger partial charge in [0.05, 0.1) is 12.7 Å². The van der Waals surface area contributed by atoms with Gasteiger partial charge in [0.2, 0.25) is 0 Å². The average Bonchev–Trinajstić information content (AvgIpc) is 2.46. The van der Waals surface area contributed by atoms with Crippen molar-refractivity contribution in [3.05, 3.63) is 0 Å². The van der Waals surface area contributed by atoms with Crippen molar-refractivity contribution in [1.82, 2.24) is 5.32 Å². The van der Waals surface area contributed by atoms with Crippen LogP contribution >= 0.6 is 0 Å². The highest BCUT2D eigenvalue weighted by atomic mass is 16.5. The zero-order chi connectivity index (χ0) is 14.1. The third-order valence-corrected chi connectivity index (χ3v) is 6.22. The summed E-state index contributed by atoms with van der Waals surface area (Å²) in [6, 6.07) is 0.582. The molecule has 0 amide bonds. The van der Waals surface area contributed by atoms with Gasteiger partial charge in [-0.3, -0.25) is 0 Å². The summed E-state index contributed by atoms with van der Waals surface area (Å²) >= 11 is 0. The Kier molecular flexibility index (Phi) is 4.62. The summed E-state index contributed by atoms with van der Waals surface area (Å²) in [5.41, 5.74) is 0.713. The monoisotopic (exact) mass is 267 g/mol. The van der Waals surface area contributed by atoms with E-state index < -0.39 is 0 Å². The van der Waals surface area contributed by atoms with E-state index in [1.54, 1.807) is 0 Å². The van der Waals surface area contributed by atoms with E-state index >= 15 is 0 Å². The van der Waals surface area contributed by atoms with Gasteiger partial charge >= 0.3 is 0 Å². The maximum absolute atomic E-state index is 6.21. The second kappa shape index (κ2) is 5.73. The quantitative estimate of drug-likeness (QED) is 0.826. The lowest BCUT2D eigenvalue weighted by atomic mass is 9.67. The normalized spacial score (nSPS) is 34.9. The second-order valence-corrected chi connectivity index (χ2v) is 7.44. The van der Waals surface area contributed by atoms with Crippen molar-refractivity contribution in [1.29, 1.82) is 0 Å². The lowest BCUT2D eigenvalue weighted by Crippen LogP contribution is -2.63. The maximum atomic E-state index is 6.21. The lowest BCUT2D eigenvalue weighted by molar-refractivity contribution is -0.0964. The van der Waals surface area contributed by atoms with Crippen molar-refractivity contribution in [2.75, 3.05) is 6.61 Å². The van der Waals surface area contributed by atoms with E-state index in [4.69, 9.17) is 4.74 Å². The Bertz CT molecular complexity index is 296. The van der Waals surface area contributed by atoms with Crippen molar-refractivity contribution in [2.24, 2.45) is 11.3 Å². The van der Waals surface area contributed by atoms with E-state index in [0.717, 1.165) is 12.5 Å². The molecule has 0 aromatic carbocycles. The van der Waals surface area contributed by atoms with Gasteiger partial charge in [0, 0.05) is 11.6 Å². The Hall–Kier alpha value is -0.0800. The molecule has 1 saturated heterocycles. The highest BCUT2D eigenvalue weighted by Gasteiger charge is 2.44. The van der Waals surface area contributed by atoms with E-state index in [9.17, 15) is 0 Å². The Morgan fingerprint density at radius 1 is 1.16 bits per heavy atom. The maximum Gasteiger partial charge on any atom is 0.0729 e. The molecule has 1 aliphatic heterocycles. The van der Waals surface area contributed by atoms with E-state index in [2.05, 4.69) is 39.9 Å². The van der Waals surface area contributed by atoms with Gasteiger partial charge in [0.1, 0.15) is 0 Å². The average molecular weight is 267 g/mol. The lowest BCUT2D eigenvalue weighted by Gasteiger charge is -2.51. The number of nitrogens with one attached hydrogen (secondary N) is 1. The van der Waals surface area contributed by atoms with Crippen molar-refractivity contribution in [3.8, 4) is 0 Å². The molecule has 2 rings (SSSR count). The van der Waals surface area contributed by atoms with Gasteiger partial charge in [-0.2, -0.15) is 0 Å². The van der Waals surface area contributed by atoms with Crippen LogP contribution in [0.15, 0.2) is 0 Å². The molecule has 1 N–H and O–H groups in total. The first kappa shape index (κ1) is 15.3. The first-order chi connectivity index (χ1) is 8.96. The molecule has 19 heavy (non-hydrogen) atoms. The van der Waals surface area contributed by atoms with Crippen LogP contribution in [0.4, 0.5) is 0 Å². The standard InChI is InChI=1S/C17H33NO/c1-6-16(4,5)13-9-10-15-14(11-13)18-17(7-2,8-3)12-19-15/h13-15,18H,6-12H2,1-5H3. The molecule has 0 spiro atoms. The molecule has 0 aromatic rings. The largest absolute Gasteiger partial charge is 0.375 e. The zero-order valence-electron chi connectivity index (χ0n) is 13.6. The first-order valence-electron chi connectivity index (χ1n) is 8.35. The third-order valence-electron chi connectivity index (χ3n) is 6.22. The van der Waals surface area contributed by atoms with Gasteiger partial charge in [-0.15, -0.1) is 0 Å². The fourth-order valence-corrected chi connectivity index (χ4v) is 3.85. The van der Waals surface area contributed by atoms with Gasteiger partial charge in [-0.1, -0.05) is 41.0 Å². The minimum Gasteiger partial charge on any atom is -0.375 e. The molecule has 0 bridgehead atoms. The molecule has 3 unspecified atom stereocenters. The summed E-state index contributed by atoms with van der Waals surface area (Å²) in [7, 11) is 0. The van der Waals surface area contributed by atoms with Crippen LogP contribution in [0.25, 0.3) is 0 Å². The van der Waals surface area contributed by atoms with E-state index in [-0.39, 0.29) is 5.54 Å². The van der Waals surface area contributed by atoms with Crippen LogP contribution in [0.5, 0.6) is 0 Å². The van der Waals surface area contributed by atoms with Gasteiger partial charge in [-0.05, 0) is 43.4 Å². The third kappa shape index (κ3) is 3.00. The molecule has 0 radical (unpaired) electrons. The number of rotatable bonds is 4. The molecule has 0 aromatic heterocycles. The molecular weight excluding hydrogens is 234 g/mol. The topological polar surface area (TPSA) is 21.3 Å². The fourth-order valence-electron chi connectivity index (χ4n) is 3.85. The van der Waals surface area contributed by atoms with Crippen LogP contribution in [0.3, 0.4) is 0 Å². The molecule has 2 nitrogen and oxygen atoms in total. The second-order valence-electron chi connectivity index (χ2n) is 7.44. The minimum absolute atomic E-state index is 0.236. The van der Waals surface area contributed by atoms with E-state index in [0.29, 0.717) is 17.6 Å². The van der Waals surface area contributed by atoms with Gasteiger partial charge in [0.15, 0.2) is 0 Å². The summed E-state index contributed by atoms with van der Waals surface area (Å²) in [6.07, 6.45) is 7.98. The van der Waals surface area contributed by atoms with Crippen LogP contribution in [0, 0.1) is 11.3 Å². The fraction of sp³-hybridized carbons (Fsp3) is 1.00. The number of ether oxygens (including phenoxy) is 1. The Morgan fingerprint density at radius 2 is 1.84 bits per heavy atom. The predicted molar refractivity (Wildman–Crippen MR) is 81.4 cm³/mol. The number of morpholine rings is 1. The molecule has 1 aliphatic carbocycles. The Morgan fingerprint density at radius 3 is 2.42 bits per heavy atom. The predicted octanol–water partition coefficient (Wildman–Crippen LogP) is 4.14. The SMILES string of the molecule is CCC1(CC)COC2CCC(C(C)(C)CC)CC2N1. The Balaban J connectivity index is 2.04. The first-order valence-corrected chi connectivity index (χ1v) is 8.35. The summed E-state index contributed by atoms with van der Waals surface area (Å²) in [6.45, 7) is 12.7. The van der Waals surface area contributed by atoms with Crippen LogP contribution in [0.1, 0.15) is 73.1 Å². The van der Waals surface area contributed by atoms with Crippen LogP contribution in [-0.4, -0.2) is 24.3 Å². The van der Waals surface area contributed by atoms with Crippen LogP contribution in [-0.2, 0) is 4.74 Å². The van der Waals surface area contributed by atoms with E-state index in [1.807, 2.05) is 0 Å². The van der Waals surface area contributed by atoms with Gasteiger partial charge < -0.3 is 10.1 Å². The number of hydrogen-bond donors (Lipinski definition) is 1. The summed E-state index contributed by atoms with van der Waals surface area (Å²) in [5.74, 6) is 0.847. The highest BCUT2D eigenvalue weighted by Crippen LogP contribution is 2.43. The summed E-state index contributed by atoms with van der Waals surface area (Å²) < 4.78 is 6.21. The van der Waals surface area contributed by atoms with Crippen LogP contribution in [0.2, 0.25) is 0 Å².